The van der Waals surface area contributed by atoms with Crippen molar-refractivity contribution >= 4 is 17.3 Å². The number of benzene rings is 1. The molecule has 5 heteroatoms. The van der Waals surface area contributed by atoms with E-state index < -0.39 is 5.97 Å². The van der Waals surface area contributed by atoms with Crippen molar-refractivity contribution in [3.8, 4) is 22.6 Å². The zero-order valence-electron chi connectivity index (χ0n) is 11.5. The fourth-order valence-electron chi connectivity index (χ4n) is 1.72. The Morgan fingerprint density at radius 2 is 2.09 bits per heavy atom. The highest BCUT2D eigenvalue weighted by atomic mass is 32.1. The van der Waals surface area contributed by atoms with Crippen LogP contribution in [0.4, 0.5) is 0 Å². The Kier molecular flexibility index (Phi) is 4.33. The maximum atomic E-state index is 11.9. The number of carbonyl (C=O) groups is 1. The zero-order chi connectivity index (χ0) is 15.2. The predicted molar refractivity (Wildman–Crippen MR) is 83.4 cm³/mol. The van der Waals surface area contributed by atoms with E-state index in [9.17, 15) is 4.79 Å². The van der Waals surface area contributed by atoms with Crippen LogP contribution in [0.15, 0.2) is 58.5 Å². The van der Waals surface area contributed by atoms with E-state index in [1.165, 1.54) is 11.3 Å². The molecular weight excluding hydrogens is 298 g/mol. The van der Waals surface area contributed by atoms with Gasteiger partial charge in [0, 0.05) is 10.9 Å². The lowest BCUT2D eigenvalue weighted by Gasteiger charge is -1.96. The predicted octanol–water partition coefficient (Wildman–Crippen LogP) is 3.61. The van der Waals surface area contributed by atoms with Crippen LogP contribution in [-0.2, 0) is 4.74 Å². The highest BCUT2D eigenvalue weighted by Gasteiger charge is 2.13. The van der Waals surface area contributed by atoms with Gasteiger partial charge in [-0.2, -0.15) is 0 Å². The van der Waals surface area contributed by atoms with E-state index in [0.717, 1.165) is 5.56 Å². The van der Waals surface area contributed by atoms with Gasteiger partial charge in [-0.15, -0.1) is 11.3 Å². The molecule has 2 aromatic heterocycles. The average molecular weight is 309 g/mol. The maximum Gasteiger partial charge on any atom is 0.358 e. The summed E-state index contributed by atoms with van der Waals surface area (Å²) in [6.07, 6.45) is 1.56. The Morgan fingerprint density at radius 1 is 1.23 bits per heavy atom. The minimum absolute atomic E-state index is 0.0291. The number of esters is 1. The molecule has 0 radical (unpaired) electrons. The first-order valence-corrected chi connectivity index (χ1v) is 7.41. The first-order valence-electron chi connectivity index (χ1n) is 6.53. The Hall–Kier alpha value is -2.84. The van der Waals surface area contributed by atoms with Crippen molar-refractivity contribution in [1.29, 1.82) is 0 Å². The van der Waals surface area contributed by atoms with Gasteiger partial charge in [-0.25, -0.2) is 9.78 Å². The summed E-state index contributed by atoms with van der Waals surface area (Å²) in [5.74, 6) is 5.86. The molecule has 0 spiro atoms. The summed E-state index contributed by atoms with van der Waals surface area (Å²) in [5.41, 5.74) is 1.14. The molecule has 3 aromatic rings. The summed E-state index contributed by atoms with van der Waals surface area (Å²) >= 11 is 1.33. The van der Waals surface area contributed by atoms with Gasteiger partial charge in [0.1, 0.15) is 0 Å². The van der Waals surface area contributed by atoms with Gasteiger partial charge in [-0.3, -0.25) is 0 Å². The van der Waals surface area contributed by atoms with Crippen molar-refractivity contribution in [2.75, 3.05) is 6.61 Å². The fraction of sp³-hybridized carbons (Fsp3) is 0.0588. The van der Waals surface area contributed by atoms with Gasteiger partial charge in [-0.05, 0) is 24.3 Å². The number of nitrogens with zero attached hydrogens (tertiary/aromatic N) is 1. The third-order valence-corrected chi connectivity index (χ3v) is 3.58. The molecule has 0 unspecified atom stereocenters. The van der Waals surface area contributed by atoms with Crippen molar-refractivity contribution in [3.63, 3.8) is 0 Å². The van der Waals surface area contributed by atoms with Gasteiger partial charge in [0.25, 0.3) is 0 Å². The Morgan fingerprint density at radius 3 is 2.86 bits per heavy atom. The third kappa shape index (κ3) is 3.43. The van der Waals surface area contributed by atoms with Crippen LogP contribution in [0.2, 0.25) is 0 Å². The minimum atomic E-state index is -0.489. The van der Waals surface area contributed by atoms with Crippen molar-refractivity contribution in [2.45, 2.75) is 0 Å². The van der Waals surface area contributed by atoms with Crippen molar-refractivity contribution in [1.82, 2.24) is 4.98 Å². The standard InChI is InChI=1S/C17H11NO3S/c19-17(21-11-4-8-13-6-2-1-3-7-13)14-12-22-16(18-14)15-9-5-10-20-15/h1-3,5-7,9-10,12H,11H2. The largest absolute Gasteiger partial charge is 0.462 e. The number of hydrogen-bond donors (Lipinski definition) is 0. The molecule has 0 saturated carbocycles. The van der Waals surface area contributed by atoms with E-state index in [-0.39, 0.29) is 12.3 Å². The lowest BCUT2D eigenvalue weighted by atomic mass is 10.2. The van der Waals surface area contributed by atoms with E-state index in [2.05, 4.69) is 16.8 Å². The van der Waals surface area contributed by atoms with Gasteiger partial charge in [0.05, 0.1) is 6.26 Å². The molecule has 0 fully saturated rings. The molecule has 3 rings (SSSR count). The Labute approximate surface area is 131 Å². The molecule has 0 N–H and O–H groups in total. The summed E-state index contributed by atoms with van der Waals surface area (Å²) in [5, 5.41) is 2.29. The molecule has 0 aliphatic heterocycles. The van der Waals surface area contributed by atoms with E-state index >= 15 is 0 Å². The van der Waals surface area contributed by atoms with Crippen LogP contribution in [0.1, 0.15) is 16.1 Å². The smallest absolute Gasteiger partial charge is 0.358 e. The number of rotatable bonds is 3. The second kappa shape index (κ2) is 6.74. The van der Waals surface area contributed by atoms with E-state index in [1.54, 1.807) is 23.8 Å². The van der Waals surface area contributed by atoms with Crippen molar-refractivity contribution in [2.24, 2.45) is 0 Å². The SMILES string of the molecule is O=C(OCC#Cc1ccccc1)c1csc(-c2ccco2)n1. The van der Waals surface area contributed by atoms with E-state index in [0.29, 0.717) is 10.8 Å². The molecule has 1 aromatic carbocycles. The first kappa shape index (κ1) is 14.1. The molecule has 0 aliphatic carbocycles. The summed E-state index contributed by atoms with van der Waals surface area (Å²) in [6.45, 7) is 0.0291. The number of aromatic nitrogens is 1. The number of thiazole rings is 1. The number of hydrogen-bond acceptors (Lipinski definition) is 5. The van der Waals surface area contributed by atoms with Crippen molar-refractivity contribution < 1.29 is 13.9 Å². The molecule has 108 valence electrons. The summed E-state index contributed by atoms with van der Waals surface area (Å²) < 4.78 is 10.3. The topological polar surface area (TPSA) is 52.3 Å². The molecule has 0 bridgehead atoms. The molecule has 2 heterocycles. The number of ether oxygens (including phenoxy) is 1. The number of furan rings is 1. The molecule has 0 atom stereocenters. The highest BCUT2D eigenvalue weighted by Crippen LogP contribution is 2.24. The van der Waals surface area contributed by atoms with Gasteiger partial charge in [-0.1, -0.05) is 30.0 Å². The lowest BCUT2D eigenvalue weighted by molar-refractivity contribution is 0.0551. The second-order valence-corrected chi connectivity index (χ2v) is 5.12. The molecule has 4 nitrogen and oxygen atoms in total. The zero-order valence-corrected chi connectivity index (χ0v) is 12.3. The second-order valence-electron chi connectivity index (χ2n) is 4.26. The monoisotopic (exact) mass is 309 g/mol. The first-order chi connectivity index (χ1) is 10.8. The van der Waals surface area contributed by atoms with Gasteiger partial charge < -0.3 is 9.15 Å². The molecule has 0 aliphatic rings. The van der Waals surface area contributed by atoms with Gasteiger partial charge >= 0.3 is 5.97 Å². The summed E-state index contributed by atoms with van der Waals surface area (Å²) in [6, 6.07) is 13.1. The quantitative estimate of drug-likeness (QED) is 0.548. The normalized spacial score (nSPS) is 9.82. The average Bonchev–Trinajstić information content (AvgIpc) is 3.22. The summed E-state index contributed by atoms with van der Waals surface area (Å²) in [4.78, 5) is 16.1. The molecular formula is C17H11NO3S. The summed E-state index contributed by atoms with van der Waals surface area (Å²) in [7, 11) is 0. The maximum absolute atomic E-state index is 11.9. The van der Waals surface area contributed by atoms with Crippen LogP contribution in [-0.4, -0.2) is 17.6 Å². The van der Waals surface area contributed by atoms with Crippen LogP contribution in [0, 0.1) is 11.8 Å². The third-order valence-electron chi connectivity index (χ3n) is 2.73. The van der Waals surface area contributed by atoms with Crippen LogP contribution in [0.3, 0.4) is 0 Å². The van der Waals surface area contributed by atoms with Gasteiger partial charge in [0.15, 0.2) is 23.1 Å². The van der Waals surface area contributed by atoms with E-state index in [4.69, 9.17) is 9.15 Å². The lowest BCUT2D eigenvalue weighted by Crippen LogP contribution is -2.05. The Balaban J connectivity index is 1.58. The fourth-order valence-corrected chi connectivity index (χ4v) is 2.47. The van der Waals surface area contributed by atoms with Crippen LogP contribution >= 0.6 is 11.3 Å². The molecule has 22 heavy (non-hydrogen) atoms. The van der Waals surface area contributed by atoms with E-state index in [1.807, 2.05) is 30.3 Å². The van der Waals surface area contributed by atoms with Crippen molar-refractivity contribution in [3.05, 3.63) is 65.4 Å². The van der Waals surface area contributed by atoms with Crippen LogP contribution in [0.25, 0.3) is 10.8 Å². The van der Waals surface area contributed by atoms with Crippen LogP contribution in [0.5, 0.6) is 0 Å². The Bertz CT molecular complexity index is 810. The van der Waals surface area contributed by atoms with Crippen LogP contribution < -0.4 is 0 Å². The van der Waals surface area contributed by atoms with Gasteiger partial charge in [0.2, 0.25) is 0 Å². The molecule has 0 amide bonds. The number of carbonyl (C=O) groups excluding carboxylic acids is 1. The highest BCUT2D eigenvalue weighted by molar-refractivity contribution is 7.13. The molecule has 0 saturated heterocycles. The minimum Gasteiger partial charge on any atom is -0.462 e.